The van der Waals surface area contributed by atoms with Gasteiger partial charge in [0.05, 0.1) is 5.69 Å². The van der Waals surface area contributed by atoms with E-state index in [9.17, 15) is 4.39 Å². The molecule has 2 nitrogen and oxygen atoms in total. The van der Waals surface area contributed by atoms with Gasteiger partial charge in [0.15, 0.2) is 0 Å². The maximum Gasteiger partial charge on any atom is 0.124 e. The Bertz CT molecular complexity index is 478. The Hall–Kier alpha value is -0.610. The Morgan fingerprint density at radius 3 is 2.75 bits per heavy atom. The Morgan fingerprint density at radius 2 is 2.20 bits per heavy atom. The number of halogens is 2. The van der Waals surface area contributed by atoms with Crippen LogP contribution in [0.3, 0.4) is 0 Å². The van der Waals surface area contributed by atoms with Crippen LogP contribution in [0.2, 0.25) is 0 Å². The predicted molar refractivity (Wildman–Crippen MR) is 86.8 cm³/mol. The van der Waals surface area contributed by atoms with Gasteiger partial charge in [0, 0.05) is 29.1 Å². The second-order valence-electron chi connectivity index (χ2n) is 6.33. The fourth-order valence-corrected chi connectivity index (χ4v) is 3.40. The highest BCUT2D eigenvalue weighted by Gasteiger charge is 2.36. The van der Waals surface area contributed by atoms with Crippen molar-refractivity contribution in [3.8, 4) is 0 Å². The highest BCUT2D eigenvalue weighted by Crippen LogP contribution is 2.33. The molecule has 1 aliphatic rings. The van der Waals surface area contributed by atoms with Crippen molar-refractivity contribution < 1.29 is 4.39 Å². The first-order chi connectivity index (χ1) is 9.36. The molecule has 2 unspecified atom stereocenters. The van der Waals surface area contributed by atoms with Crippen LogP contribution in [0.1, 0.15) is 34.1 Å². The van der Waals surface area contributed by atoms with E-state index in [1.807, 2.05) is 6.07 Å². The van der Waals surface area contributed by atoms with Crippen molar-refractivity contribution >= 4 is 21.6 Å². The minimum absolute atomic E-state index is 0.110. The molecule has 0 aromatic heterocycles. The summed E-state index contributed by atoms with van der Waals surface area (Å²) in [7, 11) is 0. The summed E-state index contributed by atoms with van der Waals surface area (Å²) in [4.78, 5) is 2.42. The summed E-state index contributed by atoms with van der Waals surface area (Å²) in [5.74, 6) is 0.343. The van der Waals surface area contributed by atoms with Crippen LogP contribution in [0, 0.1) is 11.7 Å². The van der Waals surface area contributed by atoms with Gasteiger partial charge in [0.25, 0.3) is 0 Å². The fraction of sp³-hybridized carbons (Fsp3) is 0.625. The highest BCUT2D eigenvalue weighted by molar-refractivity contribution is 9.10. The minimum atomic E-state index is -0.199. The maximum atomic E-state index is 13.3. The molecule has 1 fully saturated rings. The number of nitrogens with zero attached hydrogens (tertiary/aromatic N) is 1. The summed E-state index contributed by atoms with van der Waals surface area (Å²) in [6, 6.07) is 5.41. The van der Waals surface area contributed by atoms with Crippen molar-refractivity contribution in [1.82, 2.24) is 5.32 Å². The summed E-state index contributed by atoms with van der Waals surface area (Å²) in [5, 5.41) is 3.68. The lowest BCUT2D eigenvalue weighted by atomic mass is 9.89. The number of hydrogen-bond acceptors (Lipinski definition) is 2. The first-order valence-corrected chi connectivity index (χ1v) is 8.12. The van der Waals surface area contributed by atoms with Crippen molar-refractivity contribution in [3.05, 3.63) is 28.5 Å². The zero-order valence-electron chi connectivity index (χ0n) is 12.7. The lowest BCUT2D eigenvalue weighted by molar-refractivity contribution is 0.252. The summed E-state index contributed by atoms with van der Waals surface area (Å²) in [6.07, 6.45) is 1.08. The number of benzene rings is 1. The lowest BCUT2D eigenvalue weighted by Gasteiger charge is -2.49. The summed E-state index contributed by atoms with van der Waals surface area (Å²) >= 11 is 3.52. The van der Waals surface area contributed by atoms with Crippen LogP contribution >= 0.6 is 15.9 Å². The molecule has 0 amide bonds. The van der Waals surface area contributed by atoms with Gasteiger partial charge in [-0.05, 0) is 53.4 Å². The summed E-state index contributed by atoms with van der Waals surface area (Å²) < 4.78 is 14.2. The van der Waals surface area contributed by atoms with Gasteiger partial charge in [-0.15, -0.1) is 0 Å². The Morgan fingerprint density at radius 1 is 1.50 bits per heavy atom. The molecule has 1 aromatic rings. The molecule has 1 aromatic carbocycles. The van der Waals surface area contributed by atoms with Gasteiger partial charge in [-0.25, -0.2) is 4.39 Å². The van der Waals surface area contributed by atoms with Crippen LogP contribution in [0.15, 0.2) is 22.7 Å². The highest BCUT2D eigenvalue weighted by atomic mass is 79.9. The predicted octanol–water partition coefficient (Wildman–Crippen LogP) is 4.19. The van der Waals surface area contributed by atoms with E-state index < -0.39 is 0 Å². The number of piperazine rings is 1. The minimum Gasteiger partial charge on any atom is -0.364 e. The second-order valence-corrected chi connectivity index (χ2v) is 7.18. The molecular formula is C16H24BrFN2. The molecule has 1 N–H and O–H groups in total. The Balaban J connectivity index is 2.36. The number of rotatable bonds is 3. The van der Waals surface area contributed by atoms with Gasteiger partial charge in [0.1, 0.15) is 5.82 Å². The molecule has 2 rings (SSSR count). The third-order valence-electron chi connectivity index (χ3n) is 4.43. The zero-order valence-corrected chi connectivity index (χ0v) is 14.3. The van der Waals surface area contributed by atoms with Gasteiger partial charge >= 0.3 is 0 Å². The third kappa shape index (κ3) is 3.17. The molecule has 0 spiro atoms. The van der Waals surface area contributed by atoms with Crippen LogP contribution in [-0.4, -0.2) is 24.7 Å². The van der Waals surface area contributed by atoms with Crippen molar-refractivity contribution in [2.45, 2.75) is 45.7 Å². The molecule has 4 heteroatoms. The normalized spacial score (nSPS) is 27.1. The quantitative estimate of drug-likeness (QED) is 0.885. The van der Waals surface area contributed by atoms with Crippen LogP contribution < -0.4 is 10.2 Å². The van der Waals surface area contributed by atoms with Crippen molar-refractivity contribution in [2.75, 3.05) is 18.0 Å². The molecule has 0 aliphatic carbocycles. The first kappa shape index (κ1) is 15.8. The first-order valence-electron chi connectivity index (χ1n) is 7.33. The number of nitrogens with one attached hydrogen (secondary N) is 1. The van der Waals surface area contributed by atoms with E-state index in [2.05, 4.69) is 53.8 Å². The SMILES string of the molecule is CCC1(C)CN(c2ccc(F)cc2Br)C(C(C)C)CN1. The van der Waals surface area contributed by atoms with E-state index >= 15 is 0 Å². The topological polar surface area (TPSA) is 15.3 Å². The van der Waals surface area contributed by atoms with E-state index in [1.165, 1.54) is 0 Å². The smallest absolute Gasteiger partial charge is 0.124 e. The van der Waals surface area contributed by atoms with Gasteiger partial charge in [-0.2, -0.15) is 0 Å². The summed E-state index contributed by atoms with van der Waals surface area (Å²) in [5.41, 5.74) is 1.20. The van der Waals surface area contributed by atoms with Gasteiger partial charge in [-0.3, -0.25) is 0 Å². The van der Waals surface area contributed by atoms with Crippen LogP contribution in [-0.2, 0) is 0 Å². The van der Waals surface area contributed by atoms with E-state index in [4.69, 9.17) is 0 Å². The van der Waals surface area contributed by atoms with Gasteiger partial charge in [-0.1, -0.05) is 20.8 Å². The monoisotopic (exact) mass is 342 g/mol. The largest absolute Gasteiger partial charge is 0.364 e. The molecular weight excluding hydrogens is 319 g/mol. The summed E-state index contributed by atoms with van der Waals surface area (Å²) in [6.45, 7) is 10.9. The van der Waals surface area contributed by atoms with Crippen molar-refractivity contribution in [1.29, 1.82) is 0 Å². The Labute approximate surface area is 129 Å². The average Bonchev–Trinajstić information content (AvgIpc) is 2.38. The van der Waals surface area contributed by atoms with Crippen LogP contribution in [0.4, 0.5) is 10.1 Å². The molecule has 0 bridgehead atoms. The molecule has 1 heterocycles. The second kappa shape index (κ2) is 6.02. The third-order valence-corrected chi connectivity index (χ3v) is 5.06. The number of hydrogen-bond donors (Lipinski definition) is 1. The van der Waals surface area contributed by atoms with Gasteiger partial charge < -0.3 is 10.2 Å². The van der Waals surface area contributed by atoms with E-state index in [1.54, 1.807) is 12.1 Å². The molecule has 2 atom stereocenters. The van der Waals surface area contributed by atoms with E-state index in [0.717, 1.165) is 29.7 Å². The molecule has 0 saturated carbocycles. The Kier molecular flexibility index (Phi) is 4.75. The van der Waals surface area contributed by atoms with Crippen molar-refractivity contribution in [3.63, 3.8) is 0 Å². The molecule has 0 radical (unpaired) electrons. The average molecular weight is 343 g/mol. The van der Waals surface area contributed by atoms with E-state index in [0.29, 0.717) is 12.0 Å². The van der Waals surface area contributed by atoms with Crippen LogP contribution in [0.5, 0.6) is 0 Å². The molecule has 1 saturated heterocycles. The zero-order chi connectivity index (χ0) is 14.9. The lowest BCUT2D eigenvalue weighted by Crippen LogP contribution is -2.64. The van der Waals surface area contributed by atoms with E-state index in [-0.39, 0.29) is 11.4 Å². The van der Waals surface area contributed by atoms with Crippen molar-refractivity contribution in [2.24, 2.45) is 5.92 Å². The molecule has 20 heavy (non-hydrogen) atoms. The maximum absolute atomic E-state index is 13.3. The standard InChI is InChI=1S/C16H24BrFN2/c1-5-16(4)10-20(15(9-19-16)11(2)3)14-7-6-12(18)8-13(14)17/h6-8,11,15,19H,5,9-10H2,1-4H3. The number of anilines is 1. The molecule has 112 valence electrons. The fourth-order valence-electron chi connectivity index (χ4n) is 2.82. The van der Waals surface area contributed by atoms with Gasteiger partial charge in [0.2, 0.25) is 0 Å². The molecule has 1 aliphatic heterocycles. The van der Waals surface area contributed by atoms with Crippen LogP contribution in [0.25, 0.3) is 0 Å².